The average molecular weight is 404 g/mol. The highest BCUT2D eigenvalue weighted by Gasteiger charge is 2.31. The highest BCUT2D eigenvalue weighted by atomic mass is 16.1. The molecule has 1 amide bonds. The number of nitrogens with zero attached hydrogens (tertiary/aromatic N) is 4. The van der Waals surface area contributed by atoms with Gasteiger partial charge in [0.2, 0.25) is 0 Å². The summed E-state index contributed by atoms with van der Waals surface area (Å²) in [7, 11) is 1.95. The van der Waals surface area contributed by atoms with Crippen molar-refractivity contribution in [3.8, 4) is 0 Å². The van der Waals surface area contributed by atoms with Crippen LogP contribution >= 0.6 is 0 Å². The Hall–Kier alpha value is -2.99. The normalized spacial score (nSPS) is 18.1. The Balaban J connectivity index is 1.53. The van der Waals surface area contributed by atoms with E-state index in [0.29, 0.717) is 5.92 Å². The minimum absolute atomic E-state index is 0.0341. The van der Waals surface area contributed by atoms with E-state index in [2.05, 4.69) is 26.5 Å². The fourth-order valence-corrected chi connectivity index (χ4v) is 4.36. The molecule has 2 unspecified atom stereocenters. The molecule has 0 spiro atoms. The molecule has 30 heavy (non-hydrogen) atoms. The highest BCUT2D eigenvalue weighted by molar-refractivity contribution is 5.95. The Kier molecular flexibility index (Phi) is 6.23. The molecule has 3 heterocycles. The van der Waals surface area contributed by atoms with E-state index in [-0.39, 0.29) is 11.9 Å². The van der Waals surface area contributed by atoms with Gasteiger partial charge in [-0.05, 0) is 56.0 Å². The van der Waals surface area contributed by atoms with Crippen LogP contribution in [0, 0.1) is 12.8 Å². The molecule has 2 aromatic heterocycles. The topological polar surface area (TPSA) is 63.1 Å². The van der Waals surface area contributed by atoms with Crippen LogP contribution in [0.1, 0.15) is 46.1 Å². The quantitative estimate of drug-likeness (QED) is 0.684. The highest BCUT2D eigenvalue weighted by Crippen LogP contribution is 2.30. The van der Waals surface area contributed by atoms with Crippen molar-refractivity contribution in [2.75, 3.05) is 13.1 Å². The van der Waals surface area contributed by atoms with Gasteiger partial charge in [-0.2, -0.15) is 5.10 Å². The van der Waals surface area contributed by atoms with E-state index < -0.39 is 0 Å². The summed E-state index contributed by atoms with van der Waals surface area (Å²) in [6.45, 7) is 4.84. The Morgan fingerprint density at radius 2 is 2.07 bits per heavy atom. The Bertz CT molecular complexity index is 984. The zero-order chi connectivity index (χ0) is 20.9. The Labute approximate surface area is 177 Å². The van der Waals surface area contributed by atoms with Crippen LogP contribution in [-0.4, -0.2) is 38.7 Å². The molecule has 0 aliphatic carbocycles. The van der Waals surface area contributed by atoms with E-state index in [0.717, 1.165) is 49.3 Å². The zero-order valence-corrected chi connectivity index (χ0v) is 17.7. The summed E-state index contributed by atoms with van der Waals surface area (Å²) < 4.78 is 1.84. The molecular weight excluding hydrogens is 374 g/mol. The number of amides is 1. The first-order valence-electron chi connectivity index (χ1n) is 10.6. The summed E-state index contributed by atoms with van der Waals surface area (Å²) in [6.07, 6.45) is 7.98. The third-order valence-electron chi connectivity index (χ3n) is 5.86. The smallest absolute Gasteiger partial charge is 0.252 e. The molecule has 1 aliphatic heterocycles. The summed E-state index contributed by atoms with van der Waals surface area (Å²) in [5, 5.41) is 7.59. The predicted octanol–water partition coefficient (Wildman–Crippen LogP) is 3.51. The first-order chi connectivity index (χ1) is 14.6. The number of pyridine rings is 1. The maximum absolute atomic E-state index is 13.1. The molecule has 6 nitrogen and oxygen atoms in total. The van der Waals surface area contributed by atoms with Crippen molar-refractivity contribution >= 4 is 5.91 Å². The summed E-state index contributed by atoms with van der Waals surface area (Å²) >= 11 is 0. The molecule has 1 aromatic carbocycles. The zero-order valence-electron chi connectivity index (χ0n) is 17.7. The lowest BCUT2D eigenvalue weighted by molar-refractivity contribution is 0.0874. The number of piperidine rings is 1. The van der Waals surface area contributed by atoms with Gasteiger partial charge in [-0.25, -0.2) is 0 Å². The molecule has 6 heteroatoms. The SMILES string of the molecule is Cc1ccccc1C(=O)NC(c1ccccn1)C1CCCN(Cc2cnn(C)c2)C1. The van der Waals surface area contributed by atoms with Crippen LogP contribution in [0.25, 0.3) is 0 Å². The van der Waals surface area contributed by atoms with E-state index in [1.165, 1.54) is 5.56 Å². The molecule has 1 saturated heterocycles. The van der Waals surface area contributed by atoms with E-state index in [9.17, 15) is 4.79 Å². The number of hydrogen-bond acceptors (Lipinski definition) is 4. The summed E-state index contributed by atoms with van der Waals surface area (Å²) in [5.41, 5.74) is 3.85. The van der Waals surface area contributed by atoms with Crippen LogP contribution in [-0.2, 0) is 13.6 Å². The minimum Gasteiger partial charge on any atom is -0.343 e. The van der Waals surface area contributed by atoms with E-state index in [1.54, 1.807) is 6.20 Å². The van der Waals surface area contributed by atoms with E-state index >= 15 is 0 Å². The second-order valence-corrected chi connectivity index (χ2v) is 8.18. The van der Waals surface area contributed by atoms with Gasteiger partial charge in [0.1, 0.15) is 0 Å². The van der Waals surface area contributed by atoms with Crippen molar-refractivity contribution in [2.45, 2.75) is 32.4 Å². The number of likely N-dealkylation sites (tertiary alicyclic amines) is 1. The van der Waals surface area contributed by atoms with E-state index in [4.69, 9.17) is 0 Å². The fourth-order valence-electron chi connectivity index (χ4n) is 4.36. The van der Waals surface area contributed by atoms with Crippen molar-refractivity contribution in [3.63, 3.8) is 0 Å². The molecule has 0 bridgehead atoms. The number of rotatable bonds is 6. The van der Waals surface area contributed by atoms with Crippen molar-refractivity contribution in [3.05, 3.63) is 83.4 Å². The summed E-state index contributed by atoms with van der Waals surface area (Å²) in [5.74, 6) is 0.270. The molecule has 156 valence electrons. The lowest BCUT2D eigenvalue weighted by atomic mass is 9.88. The van der Waals surface area contributed by atoms with E-state index in [1.807, 2.05) is 67.3 Å². The van der Waals surface area contributed by atoms with Gasteiger partial charge in [-0.1, -0.05) is 24.3 Å². The fraction of sp³-hybridized carbons (Fsp3) is 0.375. The molecule has 4 rings (SSSR count). The largest absolute Gasteiger partial charge is 0.343 e. The first kappa shape index (κ1) is 20.3. The molecule has 3 aromatic rings. The second kappa shape index (κ2) is 9.22. The summed E-state index contributed by atoms with van der Waals surface area (Å²) in [6, 6.07) is 13.5. The molecule has 0 radical (unpaired) electrons. The van der Waals surface area contributed by atoms with Gasteiger partial charge in [-0.15, -0.1) is 0 Å². The molecule has 1 fully saturated rings. The van der Waals surface area contributed by atoms with Crippen LogP contribution in [0.15, 0.2) is 61.1 Å². The molecule has 1 aliphatic rings. The number of carbonyl (C=O) groups is 1. The number of carbonyl (C=O) groups excluding carboxylic acids is 1. The second-order valence-electron chi connectivity index (χ2n) is 8.18. The maximum Gasteiger partial charge on any atom is 0.252 e. The standard InChI is InChI=1S/C24H29N5O/c1-18-8-3-4-10-21(18)24(30)27-23(22-11-5-6-12-25-22)20-9-7-13-29(17-20)16-19-14-26-28(2)15-19/h3-6,8,10-12,14-15,20,23H,7,9,13,16-17H2,1-2H3,(H,27,30). The minimum atomic E-state index is -0.116. The molecule has 2 atom stereocenters. The predicted molar refractivity (Wildman–Crippen MR) is 117 cm³/mol. The maximum atomic E-state index is 13.1. The van der Waals surface area contributed by atoms with Crippen molar-refractivity contribution in [1.29, 1.82) is 0 Å². The van der Waals surface area contributed by atoms with Crippen LogP contribution in [0.4, 0.5) is 0 Å². The van der Waals surface area contributed by atoms with Gasteiger partial charge in [0, 0.05) is 43.7 Å². The number of aromatic nitrogens is 3. The number of nitrogens with one attached hydrogen (secondary N) is 1. The molecular formula is C24H29N5O. The van der Waals surface area contributed by atoms with Crippen LogP contribution in [0.3, 0.4) is 0 Å². The van der Waals surface area contributed by atoms with Crippen molar-refractivity contribution in [2.24, 2.45) is 13.0 Å². The van der Waals surface area contributed by atoms with Crippen LogP contribution < -0.4 is 5.32 Å². The third-order valence-corrected chi connectivity index (χ3v) is 5.86. The number of hydrogen-bond donors (Lipinski definition) is 1. The average Bonchev–Trinajstić information content (AvgIpc) is 3.17. The van der Waals surface area contributed by atoms with Gasteiger partial charge in [-0.3, -0.25) is 19.4 Å². The van der Waals surface area contributed by atoms with Gasteiger partial charge in [0.05, 0.1) is 17.9 Å². The molecule has 0 saturated carbocycles. The molecule has 1 N–H and O–H groups in total. The summed E-state index contributed by atoms with van der Waals surface area (Å²) in [4.78, 5) is 20.2. The Morgan fingerprint density at radius 3 is 2.80 bits per heavy atom. The van der Waals surface area contributed by atoms with Crippen LogP contribution in [0.5, 0.6) is 0 Å². The van der Waals surface area contributed by atoms with Crippen molar-refractivity contribution < 1.29 is 4.79 Å². The Morgan fingerprint density at radius 1 is 1.23 bits per heavy atom. The van der Waals surface area contributed by atoms with Gasteiger partial charge >= 0.3 is 0 Å². The third kappa shape index (κ3) is 4.76. The van der Waals surface area contributed by atoms with Gasteiger partial charge < -0.3 is 5.32 Å². The number of benzene rings is 1. The number of aryl methyl sites for hydroxylation is 2. The van der Waals surface area contributed by atoms with Gasteiger partial charge in [0.25, 0.3) is 5.91 Å². The monoisotopic (exact) mass is 403 g/mol. The van der Waals surface area contributed by atoms with Gasteiger partial charge in [0.15, 0.2) is 0 Å². The first-order valence-corrected chi connectivity index (χ1v) is 10.6. The van der Waals surface area contributed by atoms with Crippen molar-refractivity contribution in [1.82, 2.24) is 25.0 Å². The lowest BCUT2D eigenvalue weighted by Gasteiger charge is -2.37. The lowest BCUT2D eigenvalue weighted by Crippen LogP contribution is -2.43. The van der Waals surface area contributed by atoms with Crippen LogP contribution in [0.2, 0.25) is 0 Å².